The van der Waals surface area contributed by atoms with Crippen LogP contribution in [0, 0.1) is 0 Å². The number of carbonyl (C=O) groups is 1. The van der Waals surface area contributed by atoms with Gasteiger partial charge in [-0.3, -0.25) is 9.69 Å². The van der Waals surface area contributed by atoms with Crippen LogP contribution in [0.1, 0.15) is 6.92 Å². The number of fused-ring (bicyclic) bond motifs is 1. The molecule has 0 radical (unpaired) electrons. The lowest BCUT2D eigenvalue weighted by molar-refractivity contribution is -0.116. The Hall–Kier alpha value is -1.51. The first-order chi connectivity index (χ1) is 10.3. The van der Waals surface area contributed by atoms with Crippen LogP contribution in [0.5, 0.6) is 0 Å². The molecular weight excluding hydrogens is 324 g/mol. The van der Waals surface area contributed by atoms with Crippen LogP contribution in [-0.4, -0.2) is 33.4 Å². The molecule has 0 aliphatic carbocycles. The summed E-state index contributed by atoms with van der Waals surface area (Å²) in [5.74, 6) is 0.385. The van der Waals surface area contributed by atoms with Crippen LogP contribution in [0.15, 0.2) is 34.1 Å². The van der Waals surface area contributed by atoms with Crippen LogP contribution in [-0.2, 0) is 4.79 Å². The highest BCUT2D eigenvalue weighted by molar-refractivity contribution is 8.01. The summed E-state index contributed by atoms with van der Waals surface area (Å²) >= 11 is 4.39. The summed E-state index contributed by atoms with van der Waals surface area (Å²) in [4.78, 5) is 18.6. The number of rotatable bonds is 5. The van der Waals surface area contributed by atoms with Crippen molar-refractivity contribution in [1.29, 1.82) is 0 Å². The molecule has 108 valence electrons. The zero-order valence-corrected chi connectivity index (χ0v) is 13.7. The first-order valence-electron chi connectivity index (χ1n) is 6.33. The second kappa shape index (κ2) is 6.50. The average Bonchev–Trinajstić information content (AvgIpc) is 3.15. The summed E-state index contributed by atoms with van der Waals surface area (Å²) in [7, 11) is 0. The maximum Gasteiger partial charge on any atom is 0.239 e. The minimum Gasteiger partial charge on any atom is -0.288 e. The van der Waals surface area contributed by atoms with Crippen molar-refractivity contribution < 1.29 is 4.79 Å². The Morgan fingerprint density at radius 2 is 2.24 bits per heavy atom. The summed E-state index contributed by atoms with van der Waals surface area (Å²) < 4.78 is 1.90. The maximum absolute atomic E-state index is 12.4. The fourth-order valence-corrected chi connectivity index (χ4v) is 4.23. The van der Waals surface area contributed by atoms with Crippen molar-refractivity contribution in [3.05, 3.63) is 29.8 Å². The predicted molar refractivity (Wildman–Crippen MR) is 88.3 cm³/mol. The number of benzene rings is 1. The second-order valence-corrected chi connectivity index (χ2v) is 7.16. The molecule has 5 nitrogen and oxygen atoms in total. The monoisotopic (exact) mass is 336 g/mol. The van der Waals surface area contributed by atoms with Crippen molar-refractivity contribution in [2.45, 2.75) is 11.3 Å². The maximum atomic E-state index is 12.4. The number of carbonyl (C=O) groups excluding carboxylic acids is 1. The third kappa shape index (κ3) is 3.22. The van der Waals surface area contributed by atoms with Gasteiger partial charge in [-0.15, -0.1) is 10.2 Å². The molecule has 1 aromatic carbocycles. The molecule has 0 spiro atoms. The Morgan fingerprint density at radius 3 is 2.95 bits per heavy atom. The van der Waals surface area contributed by atoms with E-state index in [1.165, 1.54) is 23.1 Å². The largest absolute Gasteiger partial charge is 0.288 e. The van der Waals surface area contributed by atoms with Gasteiger partial charge in [0, 0.05) is 6.54 Å². The molecule has 1 amide bonds. The van der Waals surface area contributed by atoms with Crippen LogP contribution < -0.4 is 4.90 Å². The van der Waals surface area contributed by atoms with Crippen molar-refractivity contribution in [3.63, 3.8) is 0 Å². The highest BCUT2D eigenvalue weighted by atomic mass is 32.2. The lowest BCUT2D eigenvalue weighted by atomic mass is 10.3. The van der Waals surface area contributed by atoms with Crippen LogP contribution >= 0.6 is 34.4 Å². The summed E-state index contributed by atoms with van der Waals surface area (Å²) in [6.45, 7) is 2.56. The zero-order valence-electron chi connectivity index (χ0n) is 11.2. The van der Waals surface area contributed by atoms with Crippen molar-refractivity contribution in [2.24, 2.45) is 0 Å². The zero-order chi connectivity index (χ0) is 14.7. The SMILES string of the molecule is CCN(C(=O)CSc1nncs1)c1nc2ccccc2s1. The number of thiazole rings is 1. The predicted octanol–water partition coefficient (Wildman–Crippen LogP) is 3.29. The summed E-state index contributed by atoms with van der Waals surface area (Å²) in [5, 5.41) is 8.44. The van der Waals surface area contributed by atoms with Gasteiger partial charge in [-0.1, -0.05) is 46.6 Å². The van der Waals surface area contributed by atoms with E-state index in [4.69, 9.17) is 0 Å². The van der Waals surface area contributed by atoms with Gasteiger partial charge < -0.3 is 0 Å². The van der Waals surface area contributed by atoms with E-state index in [2.05, 4.69) is 15.2 Å². The molecule has 2 aromatic heterocycles. The van der Waals surface area contributed by atoms with Gasteiger partial charge in [-0.25, -0.2) is 4.98 Å². The summed E-state index contributed by atoms with van der Waals surface area (Å²) in [6, 6.07) is 7.91. The van der Waals surface area contributed by atoms with E-state index in [0.717, 1.165) is 19.7 Å². The van der Waals surface area contributed by atoms with E-state index in [0.29, 0.717) is 12.3 Å². The van der Waals surface area contributed by atoms with Gasteiger partial charge >= 0.3 is 0 Å². The number of para-hydroxylation sites is 1. The Labute approximate surface area is 134 Å². The molecular formula is C13H12N4OS3. The fraction of sp³-hybridized carbons (Fsp3) is 0.231. The highest BCUT2D eigenvalue weighted by Crippen LogP contribution is 2.29. The van der Waals surface area contributed by atoms with Gasteiger partial charge in [0.15, 0.2) is 9.47 Å². The highest BCUT2D eigenvalue weighted by Gasteiger charge is 2.18. The van der Waals surface area contributed by atoms with E-state index < -0.39 is 0 Å². The minimum atomic E-state index is 0.0387. The van der Waals surface area contributed by atoms with Gasteiger partial charge in [-0.2, -0.15) is 0 Å². The molecule has 0 fully saturated rings. The number of hydrogen-bond acceptors (Lipinski definition) is 7. The molecule has 0 unspecified atom stereocenters. The van der Waals surface area contributed by atoms with Crippen molar-refractivity contribution in [2.75, 3.05) is 17.2 Å². The van der Waals surface area contributed by atoms with Crippen molar-refractivity contribution >= 4 is 55.7 Å². The van der Waals surface area contributed by atoms with E-state index in [-0.39, 0.29) is 5.91 Å². The third-order valence-corrected chi connectivity index (χ3v) is 5.69. The van der Waals surface area contributed by atoms with Crippen LogP contribution in [0.4, 0.5) is 5.13 Å². The number of aromatic nitrogens is 3. The van der Waals surface area contributed by atoms with E-state index in [1.807, 2.05) is 31.2 Å². The molecule has 2 heterocycles. The molecule has 0 bridgehead atoms. The standard InChI is InChI=1S/C13H12N4OS3/c1-2-17(11(18)7-19-13-16-14-8-20-13)12-15-9-5-3-4-6-10(9)21-12/h3-6,8H,2,7H2,1H3. The third-order valence-electron chi connectivity index (χ3n) is 2.79. The first-order valence-corrected chi connectivity index (χ1v) is 9.01. The number of thioether (sulfide) groups is 1. The van der Waals surface area contributed by atoms with Crippen molar-refractivity contribution in [1.82, 2.24) is 15.2 Å². The molecule has 0 saturated carbocycles. The molecule has 0 N–H and O–H groups in total. The van der Waals surface area contributed by atoms with E-state index >= 15 is 0 Å². The molecule has 0 aliphatic heterocycles. The number of amides is 1. The second-order valence-electron chi connectivity index (χ2n) is 4.10. The lowest BCUT2D eigenvalue weighted by Gasteiger charge is -2.16. The van der Waals surface area contributed by atoms with Crippen LogP contribution in [0.2, 0.25) is 0 Å². The fourth-order valence-electron chi connectivity index (χ4n) is 1.82. The van der Waals surface area contributed by atoms with Crippen LogP contribution in [0.25, 0.3) is 10.2 Å². The smallest absolute Gasteiger partial charge is 0.239 e. The van der Waals surface area contributed by atoms with Gasteiger partial charge in [0.25, 0.3) is 0 Å². The molecule has 21 heavy (non-hydrogen) atoms. The minimum absolute atomic E-state index is 0.0387. The Balaban J connectivity index is 1.75. The van der Waals surface area contributed by atoms with Gasteiger partial charge in [0.1, 0.15) is 5.51 Å². The molecule has 3 rings (SSSR count). The van der Waals surface area contributed by atoms with Gasteiger partial charge in [0.2, 0.25) is 5.91 Å². The molecule has 8 heteroatoms. The first kappa shape index (κ1) is 14.4. The lowest BCUT2D eigenvalue weighted by Crippen LogP contribution is -2.31. The molecule has 0 atom stereocenters. The summed E-state index contributed by atoms with van der Waals surface area (Å²) in [5.41, 5.74) is 2.60. The number of anilines is 1. The number of nitrogens with zero attached hydrogens (tertiary/aromatic N) is 4. The molecule has 3 aromatic rings. The normalized spacial score (nSPS) is 10.9. The van der Waals surface area contributed by atoms with Crippen molar-refractivity contribution in [3.8, 4) is 0 Å². The Morgan fingerprint density at radius 1 is 1.38 bits per heavy atom. The quantitative estimate of drug-likeness (QED) is 0.669. The Kier molecular flexibility index (Phi) is 4.47. The number of hydrogen-bond donors (Lipinski definition) is 0. The van der Waals surface area contributed by atoms with E-state index in [9.17, 15) is 4.79 Å². The average molecular weight is 336 g/mol. The van der Waals surface area contributed by atoms with Crippen LogP contribution in [0.3, 0.4) is 0 Å². The summed E-state index contributed by atoms with van der Waals surface area (Å²) in [6.07, 6.45) is 0. The Bertz CT molecular complexity index is 708. The van der Waals surface area contributed by atoms with E-state index in [1.54, 1.807) is 21.7 Å². The topological polar surface area (TPSA) is 59.0 Å². The van der Waals surface area contributed by atoms with Gasteiger partial charge in [0.05, 0.1) is 16.0 Å². The molecule has 0 aliphatic rings. The van der Waals surface area contributed by atoms with Gasteiger partial charge in [-0.05, 0) is 19.1 Å². The molecule has 0 saturated heterocycles.